The van der Waals surface area contributed by atoms with Gasteiger partial charge in [0, 0.05) is 18.3 Å². The van der Waals surface area contributed by atoms with Gasteiger partial charge in [-0.05, 0) is 39.3 Å². The van der Waals surface area contributed by atoms with Crippen molar-refractivity contribution < 1.29 is 19.5 Å². The second-order valence-electron chi connectivity index (χ2n) is 8.03. The van der Waals surface area contributed by atoms with Gasteiger partial charge in [0.2, 0.25) is 5.91 Å². The molecule has 0 aliphatic rings. The summed E-state index contributed by atoms with van der Waals surface area (Å²) in [4.78, 5) is 35.9. The molecule has 0 saturated heterocycles. The lowest BCUT2D eigenvalue weighted by Gasteiger charge is -2.24. The topological polar surface area (TPSA) is 95.5 Å². The van der Waals surface area contributed by atoms with Crippen LogP contribution < -0.4 is 10.6 Å². The number of nitrogens with one attached hydrogen (secondary N) is 2. The summed E-state index contributed by atoms with van der Waals surface area (Å²) in [5.41, 5.74) is -0.436. The molecule has 1 unspecified atom stereocenters. The molecule has 0 saturated carbocycles. The van der Waals surface area contributed by atoms with Crippen molar-refractivity contribution in [2.24, 2.45) is 5.41 Å². The first-order valence-electron chi connectivity index (χ1n) is 10.4. The first-order valence-corrected chi connectivity index (χ1v) is 10.4. The quantitative estimate of drug-likeness (QED) is 0.333. The molecule has 0 aromatic rings. The molecule has 0 spiro atoms. The van der Waals surface area contributed by atoms with Gasteiger partial charge in [-0.2, -0.15) is 0 Å². The fourth-order valence-electron chi connectivity index (χ4n) is 3.03. The van der Waals surface area contributed by atoms with Gasteiger partial charge in [-0.3, -0.25) is 9.59 Å². The highest BCUT2D eigenvalue weighted by atomic mass is 16.4. The van der Waals surface area contributed by atoms with Gasteiger partial charge >= 0.3 is 5.97 Å². The van der Waals surface area contributed by atoms with Crippen LogP contribution in [0.3, 0.4) is 0 Å². The number of carboxylic acids is 1. The molecule has 1 amide bonds. The van der Waals surface area contributed by atoms with Crippen LogP contribution in [0.15, 0.2) is 0 Å². The van der Waals surface area contributed by atoms with Crippen molar-refractivity contribution in [1.29, 1.82) is 0 Å². The Morgan fingerprint density at radius 3 is 2.22 bits per heavy atom. The molecule has 0 aromatic carbocycles. The van der Waals surface area contributed by atoms with Crippen molar-refractivity contribution in [3.05, 3.63) is 0 Å². The van der Waals surface area contributed by atoms with E-state index >= 15 is 0 Å². The van der Waals surface area contributed by atoms with Gasteiger partial charge in [0.05, 0.1) is 0 Å². The molecule has 6 nitrogen and oxygen atoms in total. The minimum absolute atomic E-state index is 0.0755. The summed E-state index contributed by atoms with van der Waals surface area (Å²) >= 11 is 0. The van der Waals surface area contributed by atoms with Crippen molar-refractivity contribution in [2.45, 2.75) is 97.4 Å². The molecule has 0 radical (unpaired) electrons. The van der Waals surface area contributed by atoms with Crippen molar-refractivity contribution in [3.8, 4) is 0 Å². The van der Waals surface area contributed by atoms with Crippen LogP contribution in [-0.4, -0.2) is 42.4 Å². The molecule has 0 aromatic heterocycles. The molecule has 1 atom stereocenters. The zero-order valence-electron chi connectivity index (χ0n) is 17.7. The number of hydrogen-bond donors (Lipinski definition) is 3. The molecule has 0 heterocycles. The van der Waals surface area contributed by atoms with E-state index in [-0.39, 0.29) is 24.5 Å². The van der Waals surface area contributed by atoms with Gasteiger partial charge in [-0.25, -0.2) is 4.79 Å². The highest BCUT2D eigenvalue weighted by molar-refractivity contribution is 5.86. The first kappa shape index (κ1) is 25.6. The van der Waals surface area contributed by atoms with E-state index in [0.717, 1.165) is 51.5 Å². The SMILES string of the molecule is CCCCCCC(C)(C)C(=O)CCC(NC(=O)CCCCCNC)C(=O)O. The van der Waals surface area contributed by atoms with Gasteiger partial charge in [0.1, 0.15) is 11.8 Å². The van der Waals surface area contributed by atoms with E-state index in [1.165, 1.54) is 6.42 Å². The van der Waals surface area contributed by atoms with Crippen LogP contribution in [-0.2, 0) is 14.4 Å². The number of carbonyl (C=O) groups excluding carboxylic acids is 2. The minimum atomic E-state index is -1.08. The fraction of sp³-hybridized carbons (Fsp3) is 0.857. The summed E-state index contributed by atoms with van der Waals surface area (Å²) in [5.74, 6) is -1.25. The molecule has 0 fully saturated rings. The van der Waals surface area contributed by atoms with Gasteiger partial charge in [0.15, 0.2) is 0 Å². The summed E-state index contributed by atoms with van der Waals surface area (Å²) in [6, 6.07) is -0.991. The maximum Gasteiger partial charge on any atom is 0.326 e. The Bertz CT molecular complexity index is 449. The standard InChI is InChI=1S/C21H40N2O4/c1-5-6-7-10-15-21(2,3)18(24)14-13-17(20(26)27)23-19(25)12-9-8-11-16-22-4/h17,22H,5-16H2,1-4H3,(H,23,25)(H,26,27). The zero-order chi connectivity index (χ0) is 20.7. The molecule has 0 rings (SSSR count). The lowest BCUT2D eigenvalue weighted by Crippen LogP contribution is -2.41. The van der Waals surface area contributed by atoms with E-state index in [4.69, 9.17) is 0 Å². The summed E-state index contributed by atoms with van der Waals surface area (Å²) in [5, 5.41) is 15.0. The van der Waals surface area contributed by atoms with Gasteiger partial charge in [-0.15, -0.1) is 0 Å². The third kappa shape index (κ3) is 12.6. The smallest absolute Gasteiger partial charge is 0.326 e. The van der Waals surface area contributed by atoms with Crippen molar-refractivity contribution in [3.63, 3.8) is 0 Å². The first-order chi connectivity index (χ1) is 12.7. The molecule has 27 heavy (non-hydrogen) atoms. The van der Waals surface area contributed by atoms with Crippen LogP contribution in [0.4, 0.5) is 0 Å². The Morgan fingerprint density at radius 2 is 1.63 bits per heavy atom. The largest absolute Gasteiger partial charge is 0.480 e. The van der Waals surface area contributed by atoms with E-state index < -0.39 is 17.4 Å². The highest BCUT2D eigenvalue weighted by Crippen LogP contribution is 2.27. The second kappa shape index (κ2) is 14.6. The number of amides is 1. The van der Waals surface area contributed by atoms with Crippen LogP contribution in [0, 0.1) is 5.41 Å². The Hall–Kier alpha value is -1.43. The van der Waals surface area contributed by atoms with E-state index in [0.29, 0.717) is 6.42 Å². The Morgan fingerprint density at radius 1 is 0.963 bits per heavy atom. The molecular weight excluding hydrogens is 344 g/mol. The van der Waals surface area contributed by atoms with Crippen LogP contribution >= 0.6 is 0 Å². The van der Waals surface area contributed by atoms with Crippen LogP contribution in [0.1, 0.15) is 91.4 Å². The van der Waals surface area contributed by atoms with E-state index in [1.54, 1.807) is 0 Å². The lowest BCUT2D eigenvalue weighted by atomic mass is 9.80. The average Bonchev–Trinajstić information content (AvgIpc) is 2.61. The summed E-state index contributed by atoms with van der Waals surface area (Å²) < 4.78 is 0. The zero-order valence-corrected chi connectivity index (χ0v) is 17.7. The molecule has 158 valence electrons. The molecule has 0 aliphatic heterocycles. The molecular formula is C21H40N2O4. The Kier molecular flexibility index (Phi) is 13.8. The van der Waals surface area contributed by atoms with E-state index in [1.807, 2.05) is 20.9 Å². The number of ketones is 1. The normalized spacial score (nSPS) is 12.6. The monoisotopic (exact) mass is 384 g/mol. The lowest BCUT2D eigenvalue weighted by molar-refractivity contribution is -0.142. The second-order valence-corrected chi connectivity index (χ2v) is 8.03. The maximum absolute atomic E-state index is 12.5. The van der Waals surface area contributed by atoms with Crippen molar-refractivity contribution in [1.82, 2.24) is 10.6 Å². The number of carbonyl (C=O) groups is 3. The number of rotatable bonds is 17. The number of unbranched alkanes of at least 4 members (excludes halogenated alkanes) is 5. The van der Waals surface area contributed by atoms with Crippen molar-refractivity contribution in [2.75, 3.05) is 13.6 Å². The van der Waals surface area contributed by atoms with E-state index in [9.17, 15) is 19.5 Å². The number of hydrogen-bond acceptors (Lipinski definition) is 4. The van der Waals surface area contributed by atoms with Crippen molar-refractivity contribution >= 4 is 17.7 Å². The number of aliphatic carboxylic acids is 1. The molecule has 0 bridgehead atoms. The summed E-state index contributed by atoms with van der Waals surface area (Å²) in [7, 11) is 1.89. The van der Waals surface area contributed by atoms with Crippen LogP contribution in [0.25, 0.3) is 0 Å². The number of carboxylic acid groups (broad SMARTS) is 1. The Labute approximate surface area is 164 Å². The molecule has 3 N–H and O–H groups in total. The fourth-order valence-corrected chi connectivity index (χ4v) is 3.03. The molecule has 6 heteroatoms. The van der Waals surface area contributed by atoms with Gasteiger partial charge < -0.3 is 15.7 Å². The van der Waals surface area contributed by atoms with Gasteiger partial charge in [-0.1, -0.05) is 52.9 Å². The third-order valence-electron chi connectivity index (χ3n) is 5.03. The highest BCUT2D eigenvalue weighted by Gasteiger charge is 2.28. The van der Waals surface area contributed by atoms with Gasteiger partial charge in [0.25, 0.3) is 0 Å². The van der Waals surface area contributed by atoms with Crippen LogP contribution in [0.5, 0.6) is 0 Å². The van der Waals surface area contributed by atoms with Crippen LogP contribution in [0.2, 0.25) is 0 Å². The number of Topliss-reactive ketones (excluding diaryl/α,β-unsaturated/α-hetero) is 1. The Balaban J connectivity index is 4.30. The maximum atomic E-state index is 12.5. The summed E-state index contributed by atoms with van der Waals surface area (Å²) in [6.07, 6.45) is 8.60. The third-order valence-corrected chi connectivity index (χ3v) is 5.03. The predicted molar refractivity (Wildman–Crippen MR) is 109 cm³/mol. The summed E-state index contributed by atoms with van der Waals surface area (Å²) in [6.45, 7) is 6.93. The average molecular weight is 385 g/mol. The molecule has 0 aliphatic carbocycles. The van der Waals surface area contributed by atoms with E-state index in [2.05, 4.69) is 17.6 Å². The predicted octanol–water partition coefficient (Wildman–Crippen LogP) is 3.68. The minimum Gasteiger partial charge on any atom is -0.480 e.